The molecule has 12 nitrogen and oxygen atoms in total. The fourth-order valence-corrected chi connectivity index (χ4v) is 8.84. The first-order valence-corrected chi connectivity index (χ1v) is 24.1. The third kappa shape index (κ3) is 11.7. The summed E-state index contributed by atoms with van der Waals surface area (Å²) in [6.07, 6.45) is 8.83. The maximum atomic E-state index is 12.9. The van der Waals surface area contributed by atoms with Crippen LogP contribution in [0.15, 0.2) is 84.9 Å². The Morgan fingerprint density at radius 2 is 1.03 bits per heavy atom. The Hall–Kier alpha value is -4.53. The number of hydrogen-bond acceptors (Lipinski definition) is 10. The number of carbonyl (C=O) groups is 2. The van der Waals surface area contributed by atoms with Crippen LogP contribution in [0.4, 0.5) is 11.4 Å². The van der Waals surface area contributed by atoms with Gasteiger partial charge in [0, 0.05) is 43.9 Å². The van der Waals surface area contributed by atoms with Gasteiger partial charge in [0.2, 0.25) is 0 Å². The van der Waals surface area contributed by atoms with Crippen LogP contribution in [-0.4, -0.2) is 96.1 Å². The molecular weight excluding hydrogens is 854 g/mol. The van der Waals surface area contributed by atoms with E-state index in [1.165, 1.54) is 49.7 Å². The summed E-state index contributed by atoms with van der Waals surface area (Å²) in [7, 11) is -3.51. The highest BCUT2D eigenvalue weighted by Gasteiger charge is 2.36. The summed E-state index contributed by atoms with van der Waals surface area (Å²) in [6, 6.07) is 26.8. The van der Waals surface area contributed by atoms with Gasteiger partial charge in [-0.25, -0.2) is 0 Å². The van der Waals surface area contributed by atoms with Crippen molar-refractivity contribution in [3.63, 3.8) is 0 Å². The van der Waals surface area contributed by atoms with Crippen molar-refractivity contribution in [1.29, 1.82) is 0 Å². The third-order valence-corrected chi connectivity index (χ3v) is 12.9. The van der Waals surface area contributed by atoms with Crippen LogP contribution in [0.1, 0.15) is 74.3 Å². The van der Waals surface area contributed by atoms with E-state index in [0.29, 0.717) is 71.4 Å². The minimum absolute atomic E-state index is 0.0231. The quantitative estimate of drug-likeness (QED) is 0.0752. The van der Waals surface area contributed by atoms with Gasteiger partial charge in [-0.05, 0) is 135 Å². The van der Waals surface area contributed by atoms with E-state index in [0.717, 1.165) is 43.2 Å². The molecule has 0 bridgehead atoms. The van der Waals surface area contributed by atoms with Crippen LogP contribution in [0.2, 0.25) is 10.0 Å². The molecule has 4 aromatic carbocycles. The fraction of sp³-hybridized carbons (Fsp3) is 0.447. The Balaban J connectivity index is 0.000000171. The molecule has 0 spiro atoms. The van der Waals surface area contributed by atoms with E-state index in [4.69, 9.17) is 42.1 Å². The van der Waals surface area contributed by atoms with Gasteiger partial charge in [0.1, 0.15) is 42.8 Å². The molecule has 9 rings (SSSR count). The topological polar surface area (TPSA) is 124 Å². The molecule has 2 saturated carbocycles. The Labute approximate surface area is 374 Å². The maximum Gasteiger partial charge on any atom is 0.268 e. The van der Waals surface area contributed by atoms with Crippen molar-refractivity contribution in [2.75, 3.05) is 68.6 Å². The van der Waals surface area contributed by atoms with E-state index in [1.807, 2.05) is 42.5 Å². The average molecular weight is 907 g/mol. The highest BCUT2D eigenvalue weighted by atomic mass is 35.5. The first kappa shape index (κ1) is 44.1. The van der Waals surface area contributed by atoms with Gasteiger partial charge >= 0.3 is 0 Å². The molecule has 2 atom stereocenters. The summed E-state index contributed by atoms with van der Waals surface area (Å²) in [5.41, 5.74) is 4.14. The van der Waals surface area contributed by atoms with Gasteiger partial charge in [0.15, 0.2) is 12.2 Å². The molecule has 3 heterocycles. The molecule has 3 saturated heterocycles. The second kappa shape index (κ2) is 19.9. The van der Waals surface area contributed by atoms with E-state index in [9.17, 15) is 18.0 Å². The predicted octanol–water partition coefficient (Wildman–Crippen LogP) is 8.63. The Morgan fingerprint density at radius 3 is 1.45 bits per heavy atom. The fourth-order valence-electron chi connectivity index (χ4n) is 8.02. The van der Waals surface area contributed by atoms with Crippen molar-refractivity contribution in [1.82, 2.24) is 4.90 Å². The zero-order chi connectivity index (χ0) is 43.2. The van der Waals surface area contributed by atoms with Crippen molar-refractivity contribution < 1.29 is 41.1 Å². The lowest BCUT2D eigenvalue weighted by Gasteiger charge is -2.19. The zero-order valence-electron chi connectivity index (χ0n) is 34.9. The van der Waals surface area contributed by atoms with E-state index in [-0.39, 0.29) is 25.0 Å². The summed E-state index contributed by atoms with van der Waals surface area (Å²) >= 11 is 12.7. The molecular formula is C47H53Cl2N3O9S. The normalized spacial score (nSPS) is 20.3. The first-order chi connectivity index (χ1) is 30.0. The average Bonchev–Trinajstić information content (AvgIpc) is 4.17. The number of halogens is 2. The van der Waals surface area contributed by atoms with E-state index in [1.54, 1.807) is 28.0 Å². The molecule has 3 aliphatic heterocycles. The van der Waals surface area contributed by atoms with Crippen LogP contribution in [-0.2, 0) is 23.9 Å². The van der Waals surface area contributed by atoms with Gasteiger partial charge in [0.05, 0.1) is 16.3 Å². The number of carbonyl (C=O) groups excluding carboxylic acids is 2. The minimum atomic E-state index is -3.51. The van der Waals surface area contributed by atoms with Crippen molar-refractivity contribution >= 4 is 56.5 Å². The zero-order valence-corrected chi connectivity index (χ0v) is 37.2. The van der Waals surface area contributed by atoms with Gasteiger partial charge in [-0.1, -0.05) is 47.5 Å². The molecule has 330 valence electrons. The van der Waals surface area contributed by atoms with Gasteiger partial charge in [-0.3, -0.25) is 18.7 Å². The minimum Gasteiger partial charge on any atom is -0.491 e. The Kier molecular flexibility index (Phi) is 14.1. The molecule has 2 aliphatic carbocycles. The molecule has 2 amide bonds. The van der Waals surface area contributed by atoms with E-state index >= 15 is 0 Å². The monoisotopic (exact) mass is 905 g/mol. The summed E-state index contributed by atoms with van der Waals surface area (Å²) in [6.45, 7) is 4.92. The molecule has 2 unspecified atom stereocenters. The lowest BCUT2D eigenvalue weighted by atomic mass is 10.1. The van der Waals surface area contributed by atoms with Crippen LogP contribution in [0.25, 0.3) is 0 Å². The Bertz CT molecular complexity index is 2300. The van der Waals surface area contributed by atoms with Gasteiger partial charge in [0.25, 0.3) is 21.9 Å². The van der Waals surface area contributed by atoms with Gasteiger partial charge < -0.3 is 28.7 Å². The highest BCUT2D eigenvalue weighted by molar-refractivity contribution is 7.85. The number of ether oxygens (including phenoxy) is 4. The van der Waals surface area contributed by atoms with Crippen molar-refractivity contribution in [2.45, 2.75) is 75.4 Å². The summed E-state index contributed by atoms with van der Waals surface area (Å²) in [4.78, 5) is 31.6. The molecule has 0 aromatic heterocycles. The second-order valence-corrected chi connectivity index (χ2v) is 18.9. The lowest BCUT2D eigenvalue weighted by molar-refractivity contribution is -0.123. The van der Waals surface area contributed by atoms with Crippen molar-refractivity contribution in [3.05, 3.63) is 106 Å². The van der Waals surface area contributed by atoms with Crippen LogP contribution < -0.4 is 28.7 Å². The second-order valence-electron chi connectivity index (χ2n) is 16.5. The van der Waals surface area contributed by atoms with Crippen LogP contribution in [0, 0.1) is 0 Å². The number of amides is 2. The highest BCUT2D eigenvalue weighted by Crippen LogP contribution is 2.42. The van der Waals surface area contributed by atoms with Crippen molar-refractivity contribution in [2.24, 2.45) is 0 Å². The molecule has 0 N–H and O–H groups in total. The van der Waals surface area contributed by atoms with E-state index in [2.05, 4.69) is 33.3 Å². The van der Waals surface area contributed by atoms with Crippen LogP contribution >= 0.6 is 23.2 Å². The van der Waals surface area contributed by atoms with Gasteiger partial charge in [-0.2, -0.15) is 8.42 Å². The van der Waals surface area contributed by atoms with Crippen LogP contribution in [0.5, 0.6) is 23.0 Å². The first-order valence-electron chi connectivity index (χ1n) is 21.5. The molecule has 0 radical (unpaired) electrons. The smallest absolute Gasteiger partial charge is 0.268 e. The van der Waals surface area contributed by atoms with Crippen molar-refractivity contribution in [3.8, 4) is 23.0 Å². The lowest BCUT2D eigenvalue weighted by Crippen LogP contribution is -2.32. The molecule has 62 heavy (non-hydrogen) atoms. The molecule has 5 fully saturated rings. The summed E-state index contributed by atoms with van der Waals surface area (Å²) < 4.78 is 49.8. The van der Waals surface area contributed by atoms with Crippen LogP contribution in [0.3, 0.4) is 0 Å². The summed E-state index contributed by atoms with van der Waals surface area (Å²) in [5.74, 6) is 3.77. The summed E-state index contributed by atoms with van der Waals surface area (Å²) in [5, 5.41) is 0.858. The largest absolute Gasteiger partial charge is 0.491 e. The molecule has 4 aromatic rings. The molecule has 15 heteroatoms. The van der Waals surface area contributed by atoms with Gasteiger partial charge in [-0.15, -0.1) is 0 Å². The third-order valence-electron chi connectivity index (χ3n) is 11.7. The SMILES string of the molecule is CS(=O)(=O)OCCOc1ccc(N2CCC(Oc3ccc(C4CC4)cc3)C2=O)cc1Cl.O=C1C(Oc2ccc(C3CC3)cc2)CCN1c1ccc(OCCN2CCCC2)c(Cl)c1. The predicted molar refractivity (Wildman–Crippen MR) is 240 cm³/mol. The van der Waals surface area contributed by atoms with E-state index < -0.39 is 22.3 Å². The number of nitrogens with zero attached hydrogens (tertiary/aromatic N) is 3. The number of anilines is 2. The maximum absolute atomic E-state index is 12.9. The standard InChI is InChI=1S/C25H29ClN2O3.C22H24ClNO6S/c26-22-17-20(7-10-23(22)30-16-15-27-12-1-2-13-27)28-14-11-24(25(28)29)31-21-8-5-19(6-9-21)18-3-4-18;1-31(26,27)29-13-12-28-20-9-6-17(14-19(20)23)24-11-10-21(22(24)25)30-18-7-4-16(5-8-18)15-2-3-15/h5-10,17-18,24H,1-4,11-16H2;4-9,14-15,21H,2-3,10-13H2,1H3. The number of rotatable bonds is 17. The Morgan fingerprint density at radius 1 is 0.581 bits per heavy atom. The molecule has 5 aliphatic rings. The number of likely N-dealkylation sites (tertiary alicyclic amines) is 1. The number of hydrogen-bond donors (Lipinski definition) is 0. The number of benzene rings is 4.